The number of cyclic esters (lactones) is 1. The molecule has 1 aliphatic heterocycles. The van der Waals surface area contributed by atoms with Crippen LogP contribution in [0.15, 0.2) is 48.1 Å². The minimum Gasteiger partial charge on any atom is -0.421 e. The predicted molar refractivity (Wildman–Crippen MR) is 54.3 cm³/mol. The van der Waals surface area contributed by atoms with Gasteiger partial charge >= 0.3 is 5.97 Å². The summed E-state index contributed by atoms with van der Waals surface area (Å²) in [7, 11) is 0. The van der Waals surface area contributed by atoms with E-state index in [1.165, 1.54) is 0 Å². The van der Waals surface area contributed by atoms with E-state index >= 15 is 0 Å². The van der Waals surface area contributed by atoms with Crippen LogP contribution >= 0.6 is 0 Å². The van der Waals surface area contributed by atoms with Crippen molar-refractivity contribution in [2.24, 2.45) is 0 Å². The summed E-state index contributed by atoms with van der Waals surface area (Å²) in [6, 6.07) is 9.55. The quantitative estimate of drug-likeness (QED) is 0.663. The summed E-state index contributed by atoms with van der Waals surface area (Å²) in [6.07, 6.45) is 0. The van der Waals surface area contributed by atoms with Gasteiger partial charge in [-0.1, -0.05) is 36.9 Å². The van der Waals surface area contributed by atoms with Crippen molar-refractivity contribution in [3.63, 3.8) is 0 Å². The Hall–Kier alpha value is -1.83. The molecule has 0 aliphatic carbocycles. The van der Waals surface area contributed by atoms with Gasteiger partial charge in [-0.05, 0) is 12.5 Å². The fourth-order valence-corrected chi connectivity index (χ4v) is 1.40. The fraction of sp³-hybridized carbons (Fsp3) is 0.0833. The van der Waals surface area contributed by atoms with Crippen molar-refractivity contribution < 1.29 is 9.53 Å². The topological polar surface area (TPSA) is 26.3 Å². The molecule has 0 spiro atoms. The SMILES string of the molecule is C=C(C)C1=C(c2ccccc2)OC1=O. The number of carbonyl (C=O) groups excluding carboxylic acids is 1. The summed E-state index contributed by atoms with van der Waals surface area (Å²) in [5, 5.41) is 0. The highest BCUT2D eigenvalue weighted by Gasteiger charge is 2.31. The van der Waals surface area contributed by atoms with E-state index in [-0.39, 0.29) is 5.97 Å². The van der Waals surface area contributed by atoms with Crippen molar-refractivity contribution in [2.45, 2.75) is 6.92 Å². The molecule has 0 bridgehead atoms. The zero-order chi connectivity index (χ0) is 10.1. The minimum absolute atomic E-state index is 0.281. The van der Waals surface area contributed by atoms with E-state index in [9.17, 15) is 4.79 Å². The Labute approximate surface area is 82.5 Å². The maximum absolute atomic E-state index is 11.1. The summed E-state index contributed by atoms with van der Waals surface area (Å²) < 4.78 is 4.98. The molecule has 0 saturated carbocycles. The van der Waals surface area contributed by atoms with Crippen molar-refractivity contribution in [1.82, 2.24) is 0 Å². The maximum atomic E-state index is 11.1. The third kappa shape index (κ3) is 1.25. The smallest absolute Gasteiger partial charge is 0.347 e. The number of carbonyl (C=O) groups is 1. The highest BCUT2D eigenvalue weighted by atomic mass is 16.6. The Morgan fingerprint density at radius 1 is 1.29 bits per heavy atom. The zero-order valence-electron chi connectivity index (χ0n) is 7.91. The molecule has 70 valence electrons. The number of hydrogen-bond acceptors (Lipinski definition) is 2. The second-order valence-electron chi connectivity index (χ2n) is 3.24. The largest absolute Gasteiger partial charge is 0.421 e. The molecule has 1 heterocycles. The molecular formula is C12H10O2. The fourth-order valence-electron chi connectivity index (χ4n) is 1.40. The molecule has 14 heavy (non-hydrogen) atoms. The van der Waals surface area contributed by atoms with Gasteiger partial charge in [-0.2, -0.15) is 0 Å². The summed E-state index contributed by atoms with van der Waals surface area (Å²) in [5.74, 6) is 0.361. The first-order valence-electron chi connectivity index (χ1n) is 4.38. The molecule has 1 aliphatic rings. The first-order valence-corrected chi connectivity index (χ1v) is 4.38. The van der Waals surface area contributed by atoms with E-state index in [1.807, 2.05) is 30.3 Å². The Kier molecular flexibility index (Phi) is 1.97. The number of ether oxygens (including phenoxy) is 1. The van der Waals surface area contributed by atoms with Crippen LogP contribution in [0.4, 0.5) is 0 Å². The van der Waals surface area contributed by atoms with Gasteiger partial charge in [-0.3, -0.25) is 0 Å². The van der Waals surface area contributed by atoms with Crippen molar-refractivity contribution in [3.8, 4) is 0 Å². The molecule has 1 aromatic carbocycles. The molecule has 0 N–H and O–H groups in total. The number of rotatable bonds is 2. The Balaban J connectivity index is 2.47. The summed E-state index contributed by atoms with van der Waals surface area (Å²) in [4.78, 5) is 11.1. The molecule has 2 heteroatoms. The van der Waals surface area contributed by atoms with Crippen molar-refractivity contribution in [2.75, 3.05) is 0 Å². The lowest BCUT2D eigenvalue weighted by Crippen LogP contribution is -2.21. The minimum atomic E-state index is -0.281. The summed E-state index contributed by atoms with van der Waals surface area (Å²) in [5.41, 5.74) is 2.28. The Morgan fingerprint density at radius 3 is 2.43 bits per heavy atom. The average Bonchev–Trinajstić information content (AvgIpc) is 2.14. The van der Waals surface area contributed by atoms with Gasteiger partial charge in [0.25, 0.3) is 0 Å². The van der Waals surface area contributed by atoms with Gasteiger partial charge in [0.15, 0.2) is 5.76 Å². The first-order chi connectivity index (χ1) is 6.70. The van der Waals surface area contributed by atoms with Gasteiger partial charge in [0.2, 0.25) is 0 Å². The molecular weight excluding hydrogens is 176 g/mol. The summed E-state index contributed by atoms with van der Waals surface area (Å²) in [6.45, 7) is 5.55. The molecule has 0 amide bonds. The molecule has 2 nitrogen and oxygen atoms in total. The van der Waals surface area contributed by atoms with Gasteiger partial charge in [0.05, 0.1) is 0 Å². The van der Waals surface area contributed by atoms with E-state index in [4.69, 9.17) is 4.74 Å². The number of esters is 1. The van der Waals surface area contributed by atoms with Crippen molar-refractivity contribution in [1.29, 1.82) is 0 Å². The van der Waals surface area contributed by atoms with E-state index in [2.05, 4.69) is 6.58 Å². The lowest BCUT2D eigenvalue weighted by Gasteiger charge is -2.22. The highest BCUT2D eigenvalue weighted by Crippen LogP contribution is 2.33. The van der Waals surface area contributed by atoms with Crippen LogP contribution in [0.25, 0.3) is 5.76 Å². The lowest BCUT2D eigenvalue weighted by atomic mass is 9.99. The number of benzene rings is 1. The van der Waals surface area contributed by atoms with Crippen LogP contribution < -0.4 is 0 Å². The van der Waals surface area contributed by atoms with E-state index < -0.39 is 0 Å². The molecule has 0 atom stereocenters. The van der Waals surface area contributed by atoms with Crippen LogP contribution in [0.5, 0.6) is 0 Å². The van der Waals surface area contributed by atoms with Gasteiger partial charge in [0, 0.05) is 5.56 Å². The standard InChI is InChI=1S/C12H10O2/c1-8(2)10-11(14-12(10)13)9-6-4-3-5-7-9/h3-7H,1H2,2H3. The molecule has 0 saturated heterocycles. The Bertz CT molecular complexity index is 427. The van der Waals surface area contributed by atoms with Crippen LogP contribution in [0.1, 0.15) is 12.5 Å². The molecule has 0 unspecified atom stereocenters. The van der Waals surface area contributed by atoms with Crippen molar-refractivity contribution in [3.05, 3.63) is 53.6 Å². The van der Waals surface area contributed by atoms with Gasteiger partial charge in [-0.25, -0.2) is 4.79 Å². The van der Waals surface area contributed by atoms with Crippen LogP contribution in [0.3, 0.4) is 0 Å². The molecule has 1 aromatic rings. The van der Waals surface area contributed by atoms with E-state index in [0.29, 0.717) is 11.3 Å². The van der Waals surface area contributed by atoms with Crippen molar-refractivity contribution >= 4 is 11.7 Å². The maximum Gasteiger partial charge on any atom is 0.347 e. The predicted octanol–water partition coefficient (Wildman–Crippen LogP) is 2.53. The normalized spacial score (nSPS) is 14.8. The van der Waals surface area contributed by atoms with Crippen LogP contribution in [-0.4, -0.2) is 5.97 Å². The van der Waals surface area contributed by atoms with E-state index in [0.717, 1.165) is 11.1 Å². The highest BCUT2D eigenvalue weighted by molar-refractivity contribution is 6.10. The summed E-state index contributed by atoms with van der Waals surface area (Å²) >= 11 is 0. The third-order valence-electron chi connectivity index (χ3n) is 2.09. The molecule has 0 aromatic heterocycles. The van der Waals surface area contributed by atoms with Crippen LogP contribution in [0.2, 0.25) is 0 Å². The van der Waals surface area contributed by atoms with Crippen LogP contribution in [-0.2, 0) is 9.53 Å². The van der Waals surface area contributed by atoms with Gasteiger partial charge in [0.1, 0.15) is 5.57 Å². The van der Waals surface area contributed by atoms with Gasteiger partial charge in [-0.15, -0.1) is 0 Å². The Morgan fingerprint density at radius 2 is 1.93 bits per heavy atom. The molecule has 0 fully saturated rings. The van der Waals surface area contributed by atoms with Crippen LogP contribution in [0, 0.1) is 0 Å². The second kappa shape index (κ2) is 3.14. The lowest BCUT2D eigenvalue weighted by molar-refractivity contribution is -0.135. The van der Waals surface area contributed by atoms with Gasteiger partial charge < -0.3 is 4.74 Å². The third-order valence-corrected chi connectivity index (χ3v) is 2.09. The first kappa shape index (κ1) is 8.75. The monoisotopic (exact) mass is 186 g/mol. The average molecular weight is 186 g/mol. The molecule has 0 radical (unpaired) electrons. The zero-order valence-corrected chi connectivity index (χ0v) is 7.91. The molecule has 2 rings (SSSR count). The van der Waals surface area contributed by atoms with E-state index in [1.54, 1.807) is 6.92 Å². The second-order valence-corrected chi connectivity index (χ2v) is 3.24. The number of hydrogen-bond donors (Lipinski definition) is 0.